The summed E-state index contributed by atoms with van der Waals surface area (Å²) in [5.41, 5.74) is 1.48. The van der Waals surface area contributed by atoms with Crippen LogP contribution in [0.2, 0.25) is 0 Å². The van der Waals surface area contributed by atoms with Gasteiger partial charge in [-0.15, -0.1) is 0 Å². The molecule has 1 N–H and O–H groups in total. The van der Waals surface area contributed by atoms with Gasteiger partial charge in [0.05, 0.1) is 12.0 Å². The van der Waals surface area contributed by atoms with E-state index in [1.807, 2.05) is 30.3 Å². The van der Waals surface area contributed by atoms with E-state index < -0.39 is 4.92 Å². The van der Waals surface area contributed by atoms with Gasteiger partial charge in [0, 0.05) is 17.8 Å². The van der Waals surface area contributed by atoms with Crippen molar-refractivity contribution in [1.29, 1.82) is 0 Å². The Hall–Kier alpha value is -4.07. The largest absolute Gasteiger partial charge is 0.490 e. The van der Waals surface area contributed by atoms with Crippen LogP contribution in [0.15, 0.2) is 72.8 Å². The molecule has 154 valence electrons. The normalized spacial score (nSPS) is 10.2. The van der Waals surface area contributed by atoms with Gasteiger partial charge in [0.1, 0.15) is 18.1 Å². The molecule has 3 aromatic carbocycles. The third-order valence-corrected chi connectivity index (χ3v) is 4.10. The van der Waals surface area contributed by atoms with Gasteiger partial charge < -0.3 is 19.5 Å². The fourth-order valence-corrected chi connectivity index (χ4v) is 2.62. The molecule has 8 nitrogen and oxygen atoms in total. The Morgan fingerprint density at radius 2 is 1.67 bits per heavy atom. The highest BCUT2D eigenvalue weighted by Crippen LogP contribution is 2.30. The van der Waals surface area contributed by atoms with Gasteiger partial charge in [0.25, 0.3) is 5.91 Å². The number of amides is 1. The number of hydrogen-bond donors (Lipinski definition) is 1. The van der Waals surface area contributed by atoms with Crippen LogP contribution in [-0.2, 0) is 11.4 Å². The van der Waals surface area contributed by atoms with E-state index in [1.165, 1.54) is 25.3 Å². The number of nitro groups is 1. The van der Waals surface area contributed by atoms with E-state index in [1.54, 1.807) is 24.3 Å². The zero-order valence-corrected chi connectivity index (χ0v) is 16.2. The first-order chi connectivity index (χ1) is 14.5. The van der Waals surface area contributed by atoms with E-state index >= 15 is 0 Å². The molecule has 0 atom stereocenters. The molecule has 0 aliphatic rings. The monoisotopic (exact) mass is 408 g/mol. The maximum Gasteiger partial charge on any atom is 0.311 e. The fourth-order valence-electron chi connectivity index (χ4n) is 2.62. The van der Waals surface area contributed by atoms with Crippen LogP contribution in [0.3, 0.4) is 0 Å². The van der Waals surface area contributed by atoms with Crippen LogP contribution in [0.4, 0.5) is 11.4 Å². The minimum Gasteiger partial charge on any atom is -0.490 e. The highest BCUT2D eigenvalue weighted by Gasteiger charge is 2.15. The number of carbonyl (C=O) groups is 1. The van der Waals surface area contributed by atoms with Crippen molar-refractivity contribution >= 4 is 17.3 Å². The second-order valence-corrected chi connectivity index (χ2v) is 6.23. The smallest absolute Gasteiger partial charge is 0.311 e. The molecular formula is C22H20N2O6. The lowest BCUT2D eigenvalue weighted by atomic mass is 10.2. The lowest BCUT2D eigenvalue weighted by Gasteiger charge is -2.10. The Bertz CT molecular complexity index is 1010. The van der Waals surface area contributed by atoms with E-state index in [4.69, 9.17) is 14.2 Å². The topological polar surface area (TPSA) is 99.9 Å². The Labute approximate surface area is 173 Å². The molecule has 30 heavy (non-hydrogen) atoms. The van der Waals surface area contributed by atoms with Crippen molar-refractivity contribution < 1.29 is 23.9 Å². The predicted octanol–water partition coefficient (Wildman–Crippen LogP) is 4.20. The molecule has 0 bridgehead atoms. The SMILES string of the molecule is COc1cc(OCC(=O)Nc2ccc(OCc3ccccc3)cc2)ccc1[N+](=O)[O-]. The van der Waals surface area contributed by atoms with Gasteiger partial charge >= 0.3 is 5.69 Å². The molecule has 0 fully saturated rings. The fraction of sp³-hybridized carbons (Fsp3) is 0.136. The molecular weight excluding hydrogens is 388 g/mol. The average Bonchev–Trinajstić information content (AvgIpc) is 2.77. The number of ether oxygens (including phenoxy) is 3. The van der Waals surface area contributed by atoms with Crippen LogP contribution in [0.1, 0.15) is 5.56 Å². The standard InChI is InChI=1S/C22H20N2O6/c1-28-21-13-19(11-12-20(21)24(26)27)30-15-22(25)23-17-7-9-18(10-8-17)29-14-16-5-3-2-4-6-16/h2-13H,14-15H2,1H3,(H,23,25). The van der Waals surface area contributed by atoms with Gasteiger partial charge in [-0.3, -0.25) is 14.9 Å². The second kappa shape index (κ2) is 9.92. The summed E-state index contributed by atoms with van der Waals surface area (Å²) in [7, 11) is 1.33. The van der Waals surface area contributed by atoms with Crippen LogP contribution in [-0.4, -0.2) is 24.5 Å². The van der Waals surface area contributed by atoms with E-state index in [9.17, 15) is 14.9 Å². The Balaban J connectivity index is 1.49. The number of anilines is 1. The van der Waals surface area contributed by atoms with Crippen molar-refractivity contribution in [2.45, 2.75) is 6.61 Å². The molecule has 0 aromatic heterocycles. The lowest BCUT2D eigenvalue weighted by molar-refractivity contribution is -0.385. The van der Waals surface area contributed by atoms with Crippen molar-refractivity contribution in [2.24, 2.45) is 0 Å². The molecule has 0 aliphatic heterocycles. The Kier molecular flexibility index (Phi) is 6.83. The molecule has 0 aliphatic carbocycles. The molecule has 0 radical (unpaired) electrons. The van der Waals surface area contributed by atoms with E-state index in [2.05, 4.69) is 5.32 Å². The minimum atomic E-state index is -0.553. The molecule has 0 heterocycles. The van der Waals surface area contributed by atoms with Crippen LogP contribution in [0.25, 0.3) is 0 Å². The summed E-state index contributed by atoms with van der Waals surface area (Å²) in [5, 5.41) is 13.6. The molecule has 0 spiro atoms. The third-order valence-electron chi connectivity index (χ3n) is 4.10. The molecule has 8 heteroatoms. The number of benzene rings is 3. The number of methoxy groups -OCH3 is 1. The quantitative estimate of drug-likeness (QED) is 0.421. The van der Waals surface area contributed by atoms with E-state index in [0.717, 1.165) is 5.56 Å². The number of hydrogen-bond acceptors (Lipinski definition) is 6. The second-order valence-electron chi connectivity index (χ2n) is 6.23. The molecule has 0 unspecified atom stereocenters. The van der Waals surface area contributed by atoms with E-state index in [0.29, 0.717) is 18.0 Å². The lowest BCUT2D eigenvalue weighted by Crippen LogP contribution is -2.20. The van der Waals surface area contributed by atoms with Crippen LogP contribution in [0, 0.1) is 10.1 Å². The van der Waals surface area contributed by atoms with Crippen molar-refractivity contribution in [3.8, 4) is 17.2 Å². The van der Waals surface area contributed by atoms with Crippen molar-refractivity contribution in [1.82, 2.24) is 0 Å². The third kappa shape index (κ3) is 5.71. The zero-order chi connectivity index (χ0) is 21.3. The number of carbonyl (C=O) groups excluding carboxylic acids is 1. The number of nitro benzene ring substituents is 1. The number of nitrogens with zero attached hydrogens (tertiary/aromatic N) is 1. The number of nitrogens with one attached hydrogen (secondary N) is 1. The van der Waals surface area contributed by atoms with Crippen LogP contribution in [0.5, 0.6) is 17.2 Å². The molecule has 1 amide bonds. The van der Waals surface area contributed by atoms with Gasteiger partial charge in [-0.05, 0) is 35.9 Å². The molecule has 3 rings (SSSR count). The highest BCUT2D eigenvalue weighted by atomic mass is 16.6. The van der Waals surface area contributed by atoms with Crippen LogP contribution >= 0.6 is 0 Å². The van der Waals surface area contributed by atoms with E-state index in [-0.39, 0.29) is 29.7 Å². The summed E-state index contributed by atoms with van der Waals surface area (Å²) >= 11 is 0. The summed E-state index contributed by atoms with van der Waals surface area (Å²) in [4.78, 5) is 22.5. The first kappa shape index (κ1) is 20.7. The van der Waals surface area contributed by atoms with Gasteiger partial charge in [0.15, 0.2) is 6.61 Å². The van der Waals surface area contributed by atoms with Gasteiger partial charge in [-0.25, -0.2) is 0 Å². The Morgan fingerprint density at radius 1 is 0.967 bits per heavy atom. The summed E-state index contributed by atoms with van der Waals surface area (Å²) in [6.07, 6.45) is 0. The summed E-state index contributed by atoms with van der Waals surface area (Å²) in [6, 6.07) is 20.8. The Morgan fingerprint density at radius 3 is 2.33 bits per heavy atom. The summed E-state index contributed by atoms with van der Waals surface area (Å²) in [6.45, 7) is 0.201. The van der Waals surface area contributed by atoms with Gasteiger partial charge in [-0.2, -0.15) is 0 Å². The average molecular weight is 408 g/mol. The highest BCUT2D eigenvalue weighted by molar-refractivity contribution is 5.91. The maximum atomic E-state index is 12.1. The maximum absolute atomic E-state index is 12.1. The molecule has 0 saturated carbocycles. The minimum absolute atomic E-state index is 0.0593. The molecule has 0 saturated heterocycles. The van der Waals surface area contributed by atoms with Gasteiger partial charge in [-0.1, -0.05) is 30.3 Å². The zero-order valence-electron chi connectivity index (χ0n) is 16.2. The number of rotatable bonds is 9. The molecule has 3 aromatic rings. The first-order valence-corrected chi connectivity index (χ1v) is 9.07. The van der Waals surface area contributed by atoms with Crippen molar-refractivity contribution in [2.75, 3.05) is 19.0 Å². The van der Waals surface area contributed by atoms with Crippen molar-refractivity contribution in [3.63, 3.8) is 0 Å². The van der Waals surface area contributed by atoms with Crippen molar-refractivity contribution in [3.05, 3.63) is 88.5 Å². The van der Waals surface area contributed by atoms with Crippen LogP contribution < -0.4 is 19.5 Å². The predicted molar refractivity (Wildman–Crippen MR) is 111 cm³/mol. The van der Waals surface area contributed by atoms with Gasteiger partial charge in [0.2, 0.25) is 5.75 Å². The summed E-state index contributed by atoms with van der Waals surface area (Å²) < 4.78 is 16.1. The summed E-state index contributed by atoms with van der Waals surface area (Å²) in [5.74, 6) is 0.664. The first-order valence-electron chi connectivity index (χ1n) is 9.07.